The molecule has 0 aliphatic rings. The molecule has 11 heteroatoms. The molecule has 6 nitrogen and oxygen atoms in total. The molecule has 4 rings (SSSR count). The van der Waals surface area contributed by atoms with E-state index in [-0.39, 0.29) is 27.2 Å². The third-order valence-corrected chi connectivity index (χ3v) is 5.69. The molecule has 0 fully saturated rings. The van der Waals surface area contributed by atoms with E-state index in [1.807, 2.05) is 13.8 Å². The van der Waals surface area contributed by atoms with Crippen molar-refractivity contribution >= 4 is 40.2 Å². The predicted molar refractivity (Wildman–Crippen MR) is 134 cm³/mol. The maximum absolute atomic E-state index is 15.1. The van der Waals surface area contributed by atoms with Gasteiger partial charge in [0.2, 0.25) is 0 Å². The summed E-state index contributed by atoms with van der Waals surface area (Å²) in [5.41, 5.74) is -1.64. The third-order valence-electron chi connectivity index (χ3n) is 5.38. The monoisotopic (exact) mass is 535 g/mol. The SMILES string of the molecule is CC.CNc1cc2c(-c3ccc(C(=O)OC)cc3F)cn(C(=O)c3c(Cl)cccc3C(F)(F)F)c2cn1. The number of carbonyl (C=O) groups excluding carboxylic acids is 2. The van der Waals surface area contributed by atoms with Crippen molar-refractivity contribution in [1.82, 2.24) is 9.55 Å². The first-order valence-electron chi connectivity index (χ1n) is 11.0. The fourth-order valence-electron chi connectivity index (χ4n) is 3.72. The van der Waals surface area contributed by atoms with Crippen LogP contribution in [0.3, 0.4) is 0 Å². The van der Waals surface area contributed by atoms with Crippen molar-refractivity contribution < 1.29 is 31.9 Å². The Hall–Kier alpha value is -3.92. The molecule has 0 amide bonds. The van der Waals surface area contributed by atoms with Crippen molar-refractivity contribution in [2.45, 2.75) is 20.0 Å². The highest BCUT2D eigenvalue weighted by Gasteiger charge is 2.37. The number of rotatable bonds is 4. The van der Waals surface area contributed by atoms with Gasteiger partial charge < -0.3 is 10.1 Å². The molecular formula is C26H22ClF4N3O3. The average molecular weight is 536 g/mol. The number of nitrogens with one attached hydrogen (secondary N) is 1. The number of halogens is 5. The summed E-state index contributed by atoms with van der Waals surface area (Å²) in [5, 5.41) is 2.77. The van der Waals surface area contributed by atoms with Gasteiger partial charge in [-0.1, -0.05) is 37.6 Å². The second-order valence-corrected chi connectivity index (χ2v) is 7.81. The summed E-state index contributed by atoms with van der Waals surface area (Å²) in [7, 11) is 2.75. The Morgan fingerprint density at radius 3 is 2.38 bits per heavy atom. The molecule has 194 valence electrons. The summed E-state index contributed by atoms with van der Waals surface area (Å²) >= 11 is 6.03. The Labute approximate surface area is 214 Å². The number of nitrogens with zero attached hydrogens (tertiary/aromatic N) is 2. The van der Waals surface area contributed by atoms with E-state index in [4.69, 9.17) is 11.6 Å². The van der Waals surface area contributed by atoms with E-state index in [1.54, 1.807) is 7.05 Å². The molecule has 2 aromatic heterocycles. The number of anilines is 1. The fourth-order valence-corrected chi connectivity index (χ4v) is 3.98. The second-order valence-electron chi connectivity index (χ2n) is 7.40. The van der Waals surface area contributed by atoms with Crippen molar-refractivity contribution in [3.63, 3.8) is 0 Å². The van der Waals surface area contributed by atoms with Crippen molar-refractivity contribution in [3.8, 4) is 11.1 Å². The fraction of sp³-hybridized carbons (Fsp3) is 0.192. The van der Waals surface area contributed by atoms with Gasteiger partial charge in [0.1, 0.15) is 11.6 Å². The maximum Gasteiger partial charge on any atom is 0.417 e. The number of benzene rings is 2. The molecule has 0 saturated heterocycles. The summed E-state index contributed by atoms with van der Waals surface area (Å²) in [6.45, 7) is 4.00. The molecule has 0 saturated carbocycles. The van der Waals surface area contributed by atoms with Crippen LogP contribution in [-0.4, -0.2) is 35.6 Å². The molecule has 2 aromatic carbocycles. The van der Waals surface area contributed by atoms with Crippen molar-refractivity contribution in [2.24, 2.45) is 0 Å². The maximum atomic E-state index is 15.1. The highest BCUT2D eigenvalue weighted by molar-refractivity contribution is 6.34. The lowest BCUT2D eigenvalue weighted by molar-refractivity contribution is -0.137. The predicted octanol–water partition coefficient (Wildman–Crippen LogP) is 7.06. The summed E-state index contributed by atoms with van der Waals surface area (Å²) in [5.74, 6) is -2.22. The molecule has 0 aliphatic heterocycles. The van der Waals surface area contributed by atoms with Gasteiger partial charge in [0.15, 0.2) is 0 Å². The zero-order valence-corrected chi connectivity index (χ0v) is 21.0. The van der Waals surface area contributed by atoms with Gasteiger partial charge in [0.05, 0.1) is 40.5 Å². The van der Waals surface area contributed by atoms with Gasteiger partial charge >= 0.3 is 12.1 Å². The van der Waals surface area contributed by atoms with E-state index in [0.717, 1.165) is 29.9 Å². The Morgan fingerprint density at radius 2 is 1.78 bits per heavy atom. The largest absolute Gasteiger partial charge is 0.465 e. The molecule has 0 radical (unpaired) electrons. The van der Waals surface area contributed by atoms with Crippen LogP contribution < -0.4 is 5.32 Å². The minimum Gasteiger partial charge on any atom is -0.465 e. The van der Waals surface area contributed by atoms with Gasteiger partial charge in [-0.25, -0.2) is 14.2 Å². The van der Waals surface area contributed by atoms with E-state index < -0.39 is 35.0 Å². The molecule has 2 heterocycles. The molecular weight excluding hydrogens is 514 g/mol. The Kier molecular flexibility index (Phi) is 8.22. The number of methoxy groups -OCH3 is 1. The van der Waals surface area contributed by atoms with Crippen LogP contribution in [0.2, 0.25) is 5.02 Å². The summed E-state index contributed by atoms with van der Waals surface area (Å²) in [4.78, 5) is 29.3. The first-order valence-corrected chi connectivity index (χ1v) is 11.4. The first kappa shape index (κ1) is 27.7. The lowest BCUT2D eigenvalue weighted by atomic mass is 10.0. The summed E-state index contributed by atoms with van der Waals surface area (Å²) in [6, 6.07) is 8.20. The lowest BCUT2D eigenvalue weighted by Gasteiger charge is -2.14. The number of esters is 1. The molecule has 0 bridgehead atoms. The van der Waals surface area contributed by atoms with Crippen LogP contribution in [0.15, 0.2) is 54.9 Å². The molecule has 4 aromatic rings. The van der Waals surface area contributed by atoms with Gasteiger partial charge in [-0.3, -0.25) is 9.36 Å². The number of pyridine rings is 1. The quantitative estimate of drug-likeness (QED) is 0.224. The molecule has 0 aliphatic carbocycles. The first-order chi connectivity index (χ1) is 17.6. The number of hydrogen-bond donors (Lipinski definition) is 1. The number of fused-ring (bicyclic) bond motifs is 1. The third kappa shape index (κ3) is 5.29. The van der Waals surface area contributed by atoms with Gasteiger partial charge in [-0.15, -0.1) is 0 Å². The van der Waals surface area contributed by atoms with Crippen molar-refractivity contribution in [1.29, 1.82) is 0 Å². The molecule has 0 atom stereocenters. The standard InChI is InChI=1S/C24H16ClF4N3O3.C2H6/c1-30-20-9-14-15(13-7-6-12(8-18(13)26)23(34)35-2)11-32(19(14)10-31-20)22(33)21-16(24(27,28)29)4-3-5-17(21)25;1-2/h3-11H,1-2H3,(H,30,31);1-2H3. The number of hydrogen-bond acceptors (Lipinski definition) is 5. The zero-order valence-electron chi connectivity index (χ0n) is 20.2. The summed E-state index contributed by atoms with van der Waals surface area (Å²) in [6.07, 6.45) is -2.34. The topological polar surface area (TPSA) is 73.2 Å². The second kappa shape index (κ2) is 11.0. The van der Waals surface area contributed by atoms with Gasteiger partial charge in [-0.05, 0) is 30.3 Å². The van der Waals surface area contributed by atoms with Crippen LogP contribution in [0.1, 0.15) is 40.1 Å². The van der Waals surface area contributed by atoms with Crippen LogP contribution in [0.5, 0.6) is 0 Å². The normalized spacial score (nSPS) is 11.1. The van der Waals surface area contributed by atoms with Crippen molar-refractivity contribution in [3.05, 3.63) is 82.4 Å². The van der Waals surface area contributed by atoms with Crippen LogP contribution in [-0.2, 0) is 10.9 Å². The van der Waals surface area contributed by atoms with Gasteiger partial charge in [0, 0.05) is 29.8 Å². The number of carbonyl (C=O) groups is 2. The van der Waals surface area contributed by atoms with Gasteiger partial charge in [0.25, 0.3) is 5.91 Å². The average Bonchev–Trinajstić information content (AvgIpc) is 3.26. The number of ether oxygens (including phenoxy) is 1. The van der Waals surface area contributed by atoms with Crippen LogP contribution in [0.4, 0.5) is 23.4 Å². The van der Waals surface area contributed by atoms with Crippen LogP contribution >= 0.6 is 11.6 Å². The van der Waals surface area contributed by atoms with E-state index in [2.05, 4.69) is 15.0 Å². The molecule has 0 unspecified atom stereocenters. The smallest absolute Gasteiger partial charge is 0.417 e. The lowest BCUT2D eigenvalue weighted by Crippen LogP contribution is -2.18. The molecule has 37 heavy (non-hydrogen) atoms. The Morgan fingerprint density at radius 1 is 1.08 bits per heavy atom. The Bertz CT molecular complexity index is 1480. The number of aromatic nitrogens is 2. The summed E-state index contributed by atoms with van der Waals surface area (Å²) < 4.78 is 61.5. The molecule has 1 N–H and O–H groups in total. The van der Waals surface area contributed by atoms with Crippen molar-refractivity contribution in [2.75, 3.05) is 19.5 Å². The van der Waals surface area contributed by atoms with Crippen LogP contribution in [0.25, 0.3) is 22.0 Å². The van der Waals surface area contributed by atoms with Crippen LogP contribution in [0, 0.1) is 5.82 Å². The van der Waals surface area contributed by atoms with E-state index in [1.165, 1.54) is 36.7 Å². The van der Waals surface area contributed by atoms with E-state index >= 15 is 4.39 Å². The highest BCUT2D eigenvalue weighted by Crippen LogP contribution is 2.38. The Balaban J connectivity index is 0.00000186. The van der Waals surface area contributed by atoms with E-state index in [9.17, 15) is 22.8 Å². The molecule has 0 spiro atoms. The minimum absolute atomic E-state index is 0.0117. The zero-order chi connectivity index (χ0) is 27.5. The minimum atomic E-state index is -4.84. The highest BCUT2D eigenvalue weighted by atomic mass is 35.5. The number of alkyl halides is 3. The van der Waals surface area contributed by atoms with Gasteiger partial charge in [-0.2, -0.15) is 13.2 Å². The van der Waals surface area contributed by atoms with E-state index in [0.29, 0.717) is 11.2 Å².